The maximum atomic E-state index is 12.8. The molecular weight excluding hydrogens is 286 g/mol. The number of rotatable bonds is 2. The van der Waals surface area contributed by atoms with E-state index in [0.717, 1.165) is 48.2 Å². The summed E-state index contributed by atoms with van der Waals surface area (Å²) < 4.78 is 2.11. The molecule has 23 heavy (non-hydrogen) atoms. The van der Waals surface area contributed by atoms with Crippen LogP contribution in [0, 0.1) is 0 Å². The first-order valence-electron chi connectivity index (χ1n) is 8.05. The van der Waals surface area contributed by atoms with Gasteiger partial charge >= 0.3 is 0 Å². The molecule has 0 spiro atoms. The average Bonchev–Trinajstić information content (AvgIpc) is 3.23. The number of aryl methyl sites for hydroxylation is 1. The van der Waals surface area contributed by atoms with Crippen LogP contribution in [0.15, 0.2) is 48.7 Å². The van der Waals surface area contributed by atoms with Gasteiger partial charge in [-0.15, -0.1) is 0 Å². The summed E-state index contributed by atoms with van der Waals surface area (Å²) in [6.07, 6.45) is 3.94. The van der Waals surface area contributed by atoms with E-state index >= 15 is 0 Å². The smallest absolute Gasteiger partial charge is 0.256 e. The molecule has 0 aliphatic carbocycles. The van der Waals surface area contributed by atoms with Gasteiger partial charge in [-0.25, -0.2) is 0 Å². The lowest BCUT2D eigenvalue weighted by Crippen LogP contribution is -2.28. The lowest BCUT2D eigenvalue weighted by atomic mass is 10.1. The molecule has 1 aliphatic rings. The Labute approximate surface area is 135 Å². The average molecular weight is 305 g/mol. The molecule has 1 fully saturated rings. The van der Waals surface area contributed by atoms with Crippen molar-refractivity contribution in [3.05, 3.63) is 54.2 Å². The number of hydrogen-bond donors (Lipinski definition) is 0. The minimum Gasteiger partial charge on any atom is -0.342 e. The SMILES string of the molecule is Cn1c(-c2ncccc2C(=O)N2CCCC2)cc2ccccc21. The molecule has 4 nitrogen and oxygen atoms in total. The zero-order valence-corrected chi connectivity index (χ0v) is 13.2. The van der Waals surface area contributed by atoms with Gasteiger partial charge in [-0.2, -0.15) is 0 Å². The van der Waals surface area contributed by atoms with Crippen molar-refractivity contribution in [2.75, 3.05) is 13.1 Å². The van der Waals surface area contributed by atoms with Gasteiger partial charge < -0.3 is 9.47 Å². The van der Waals surface area contributed by atoms with Crippen molar-refractivity contribution in [3.8, 4) is 11.4 Å². The Bertz CT molecular complexity index is 875. The summed E-state index contributed by atoms with van der Waals surface area (Å²) in [7, 11) is 2.02. The highest BCUT2D eigenvalue weighted by Crippen LogP contribution is 2.29. The quantitative estimate of drug-likeness (QED) is 0.727. The molecule has 2 aromatic heterocycles. The van der Waals surface area contributed by atoms with Crippen LogP contribution in [-0.4, -0.2) is 33.4 Å². The molecule has 3 aromatic rings. The molecule has 0 saturated carbocycles. The summed E-state index contributed by atoms with van der Waals surface area (Å²) >= 11 is 0. The fraction of sp³-hybridized carbons (Fsp3) is 0.263. The van der Waals surface area contributed by atoms with Gasteiger partial charge in [-0.3, -0.25) is 9.78 Å². The van der Waals surface area contributed by atoms with Crippen molar-refractivity contribution in [1.82, 2.24) is 14.5 Å². The normalized spacial score (nSPS) is 14.6. The van der Waals surface area contributed by atoms with Gasteiger partial charge in [-0.05, 0) is 37.1 Å². The maximum absolute atomic E-state index is 12.8. The van der Waals surface area contributed by atoms with Crippen molar-refractivity contribution in [2.24, 2.45) is 7.05 Å². The molecule has 0 radical (unpaired) electrons. The van der Waals surface area contributed by atoms with Crippen LogP contribution in [0.25, 0.3) is 22.3 Å². The summed E-state index contributed by atoms with van der Waals surface area (Å²) in [5.74, 6) is 0.0934. The summed E-state index contributed by atoms with van der Waals surface area (Å²) in [6.45, 7) is 1.70. The number of aromatic nitrogens is 2. The molecule has 0 unspecified atom stereocenters. The van der Waals surface area contributed by atoms with Crippen LogP contribution >= 0.6 is 0 Å². The number of likely N-dealkylation sites (tertiary alicyclic amines) is 1. The number of pyridine rings is 1. The van der Waals surface area contributed by atoms with E-state index in [4.69, 9.17) is 0 Å². The van der Waals surface area contributed by atoms with Crippen molar-refractivity contribution in [1.29, 1.82) is 0 Å². The largest absolute Gasteiger partial charge is 0.342 e. The third-order valence-corrected chi connectivity index (χ3v) is 4.63. The third kappa shape index (κ3) is 2.31. The molecule has 4 heteroatoms. The molecule has 0 N–H and O–H groups in total. The Balaban J connectivity index is 1.85. The Morgan fingerprint density at radius 1 is 1.09 bits per heavy atom. The van der Waals surface area contributed by atoms with E-state index in [1.54, 1.807) is 6.20 Å². The van der Waals surface area contributed by atoms with E-state index in [1.165, 1.54) is 0 Å². The van der Waals surface area contributed by atoms with Gasteiger partial charge in [0.15, 0.2) is 0 Å². The molecule has 1 aromatic carbocycles. The third-order valence-electron chi connectivity index (χ3n) is 4.63. The van der Waals surface area contributed by atoms with Crippen molar-refractivity contribution >= 4 is 16.8 Å². The van der Waals surface area contributed by atoms with Gasteiger partial charge in [-0.1, -0.05) is 18.2 Å². The maximum Gasteiger partial charge on any atom is 0.256 e. The summed E-state index contributed by atoms with van der Waals surface area (Å²) in [5, 5.41) is 1.16. The molecule has 3 heterocycles. The zero-order valence-electron chi connectivity index (χ0n) is 13.2. The lowest BCUT2D eigenvalue weighted by Gasteiger charge is -2.17. The van der Waals surface area contributed by atoms with Gasteiger partial charge in [0.2, 0.25) is 0 Å². The highest BCUT2D eigenvalue weighted by atomic mass is 16.2. The number of carbonyl (C=O) groups excluding carboxylic acids is 1. The van der Waals surface area contributed by atoms with Crippen LogP contribution < -0.4 is 0 Å². The number of amides is 1. The van der Waals surface area contributed by atoms with Crippen LogP contribution in [0.2, 0.25) is 0 Å². The van der Waals surface area contributed by atoms with Crippen LogP contribution in [0.5, 0.6) is 0 Å². The van der Waals surface area contributed by atoms with E-state index in [2.05, 4.69) is 27.8 Å². The first-order valence-corrected chi connectivity index (χ1v) is 8.05. The minimum absolute atomic E-state index is 0.0934. The standard InChI is InChI=1S/C19H19N3O/c1-21-16-9-3-2-7-14(16)13-17(21)18-15(8-6-10-20-18)19(23)22-11-4-5-12-22/h2-3,6-10,13H,4-5,11-12H2,1H3. The Morgan fingerprint density at radius 2 is 1.87 bits per heavy atom. The van der Waals surface area contributed by atoms with Crippen LogP contribution in [0.3, 0.4) is 0 Å². The molecule has 4 rings (SSSR count). The zero-order chi connectivity index (χ0) is 15.8. The molecule has 0 atom stereocenters. The van der Waals surface area contributed by atoms with E-state index in [0.29, 0.717) is 5.56 Å². The highest BCUT2D eigenvalue weighted by molar-refractivity contribution is 6.01. The van der Waals surface area contributed by atoms with Crippen molar-refractivity contribution < 1.29 is 4.79 Å². The fourth-order valence-electron chi connectivity index (χ4n) is 3.39. The van der Waals surface area contributed by atoms with Crippen LogP contribution in [0.4, 0.5) is 0 Å². The predicted molar refractivity (Wildman–Crippen MR) is 91.3 cm³/mol. The number of benzene rings is 1. The van der Waals surface area contributed by atoms with Crippen molar-refractivity contribution in [3.63, 3.8) is 0 Å². The number of para-hydroxylation sites is 1. The summed E-state index contributed by atoms with van der Waals surface area (Å²) in [5.41, 5.74) is 3.59. The molecule has 1 saturated heterocycles. The topological polar surface area (TPSA) is 38.1 Å². The van der Waals surface area contributed by atoms with Gasteiger partial charge in [0.1, 0.15) is 0 Å². The Hall–Kier alpha value is -2.62. The van der Waals surface area contributed by atoms with E-state index in [9.17, 15) is 4.79 Å². The fourth-order valence-corrected chi connectivity index (χ4v) is 3.39. The van der Waals surface area contributed by atoms with Crippen molar-refractivity contribution in [2.45, 2.75) is 12.8 Å². The molecule has 0 bridgehead atoms. The van der Waals surface area contributed by atoms with Gasteiger partial charge in [0.05, 0.1) is 17.0 Å². The van der Waals surface area contributed by atoms with E-state index in [1.807, 2.05) is 36.2 Å². The predicted octanol–water partition coefficient (Wildman–Crippen LogP) is 3.48. The second kappa shape index (κ2) is 5.54. The van der Waals surface area contributed by atoms with Crippen LogP contribution in [-0.2, 0) is 7.05 Å². The highest BCUT2D eigenvalue weighted by Gasteiger charge is 2.24. The van der Waals surface area contributed by atoms with E-state index in [-0.39, 0.29) is 5.91 Å². The van der Waals surface area contributed by atoms with Crippen LogP contribution in [0.1, 0.15) is 23.2 Å². The Kier molecular flexibility index (Phi) is 3.37. The second-order valence-corrected chi connectivity index (χ2v) is 6.05. The molecular formula is C19H19N3O. The number of nitrogens with zero attached hydrogens (tertiary/aromatic N) is 3. The summed E-state index contributed by atoms with van der Waals surface area (Å²) in [4.78, 5) is 19.3. The number of fused-ring (bicyclic) bond motifs is 1. The van der Waals surface area contributed by atoms with E-state index < -0.39 is 0 Å². The number of carbonyl (C=O) groups is 1. The second-order valence-electron chi connectivity index (χ2n) is 6.05. The van der Waals surface area contributed by atoms with Gasteiger partial charge in [0.25, 0.3) is 5.91 Å². The first kappa shape index (κ1) is 14.0. The molecule has 116 valence electrons. The van der Waals surface area contributed by atoms with Gasteiger partial charge in [0, 0.05) is 37.2 Å². The monoisotopic (exact) mass is 305 g/mol. The lowest BCUT2D eigenvalue weighted by molar-refractivity contribution is 0.0793. The molecule has 1 amide bonds. The summed E-state index contributed by atoms with van der Waals surface area (Å²) in [6, 6.07) is 14.1. The minimum atomic E-state index is 0.0934. The molecule has 1 aliphatic heterocycles. The first-order chi connectivity index (χ1) is 11.3. The Morgan fingerprint density at radius 3 is 2.65 bits per heavy atom. The number of hydrogen-bond acceptors (Lipinski definition) is 2.